The number of aryl methyl sites for hydroxylation is 1. The van der Waals surface area contributed by atoms with Gasteiger partial charge in [-0.2, -0.15) is 0 Å². The van der Waals surface area contributed by atoms with E-state index in [0.29, 0.717) is 6.04 Å². The molecule has 1 unspecified atom stereocenters. The lowest BCUT2D eigenvalue weighted by Gasteiger charge is -2.19. The lowest BCUT2D eigenvalue weighted by Crippen LogP contribution is -2.35. The van der Waals surface area contributed by atoms with Crippen molar-refractivity contribution in [2.75, 3.05) is 6.54 Å². The summed E-state index contributed by atoms with van der Waals surface area (Å²) in [5, 5.41) is 4.31. The van der Waals surface area contributed by atoms with Gasteiger partial charge in [0.05, 0.1) is 0 Å². The molecule has 2 rings (SSSR count). The average molecular weight is 268 g/mol. The number of nitrogens with one attached hydrogen (secondary N) is 1. The number of hydrogen-bond donors (Lipinski definition) is 1. The van der Waals surface area contributed by atoms with E-state index < -0.39 is 0 Å². The highest BCUT2D eigenvalue weighted by Crippen LogP contribution is 2.23. The first-order valence-corrected chi connectivity index (χ1v) is 7.19. The van der Waals surface area contributed by atoms with Crippen LogP contribution in [-0.4, -0.2) is 18.7 Å². The highest BCUT2D eigenvalue weighted by atomic mass is 35.5. The Kier molecular flexibility index (Phi) is 4.90. The SMILES string of the molecule is Cc1ccc(Cl)cc1OC(C)CNC1CCCC1. The third kappa shape index (κ3) is 3.89. The summed E-state index contributed by atoms with van der Waals surface area (Å²) in [6.07, 6.45) is 5.51. The molecule has 1 aliphatic rings. The maximum absolute atomic E-state index is 5.99. The molecule has 0 aliphatic heterocycles. The summed E-state index contributed by atoms with van der Waals surface area (Å²) in [5.74, 6) is 0.892. The standard InChI is InChI=1S/C15H22ClNO/c1-11-7-8-13(16)9-15(11)18-12(2)10-17-14-5-3-4-6-14/h7-9,12,14,17H,3-6,10H2,1-2H3. The minimum atomic E-state index is 0.169. The van der Waals surface area contributed by atoms with Crippen LogP contribution < -0.4 is 10.1 Å². The number of hydrogen-bond acceptors (Lipinski definition) is 2. The lowest BCUT2D eigenvalue weighted by molar-refractivity contribution is 0.210. The van der Waals surface area contributed by atoms with Crippen LogP contribution in [0.5, 0.6) is 5.75 Å². The molecule has 1 saturated carbocycles. The van der Waals surface area contributed by atoms with E-state index in [1.54, 1.807) is 0 Å². The smallest absolute Gasteiger partial charge is 0.124 e. The predicted octanol–water partition coefficient (Wildman–Crippen LogP) is 3.95. The van der Waals surface area contributed by atoms with Gasteiger partial charge in [-0.3, -0.25) is 0 Å². The van der Waals surface area contributed by atoms with Gasteiger partial charge in [0, 0.05) is 17.6 Å². The second kappa shape index (κ2) is 6.44. The van der Waals surface area contributed by atoms with Gasteiger partial charge >= 0.3 is 0 Å². The molecule has 2 nitrogen and oxygen atoms in total. The highest BCUT2D eigenvalue weighted by molar-refractivity contribution is 6.30. The molecular weight excluding hydrogens is 246 g/mol. The number of benzene rings is 1. The van der Waals surface area contributed by atoms with Crippen molar-refractivity contribution in [2.24, 2.45) is 0 Å². The highest BCUT2D eigenvalue weighted by Gasteiger charge is 2.15. The maximum atomic E-state index is 5.99. The monoisotopic (exact) mass is 267 g/mol. The summed E-state index contributed by atoms with van der Waals surface area (Å²) in [6.45, 7) is 5.04. The minimum absolute atomic E-state index is 0.169. The van der Waals surface area contributed by atoms with Crippen LogP contribution in [0.1, 0.15) is 38.2 Å². The van der Waals surface area contributed by atoms with Gasteiger partial charge in [-0.1, -0.05) is 30.5 Å². The van der Waals surface area contributed by atoms with Crippen LogP contribution >= 0.6 is 11.6 Å². The maximum Gasteiger partial charge on any atom is 0.124 e. The van der Waals surface area contributed by atoms with Crippen molar-refractivity contribution in [3.05, 3.63) is 28.8 Å². The minimum Gasteiger partial charge on any atom is -0.489 e. The first kappa shape index (κ1) is 13.7. The van der Waals surface area contributed by atoms with Crippen LogP contribution in [0.25, 0.3) is 0 Å². The van der Waals surface area contributed by atoms with Crippen molar-refractivity contribution >= 4 is 11.6 Å². The zero-order valence-electron chi connectivity index (χ0n) is 11.2. The average Bonchev–Trinajstić information content (AvgIpc) is 2.84. The molecule has 0 heterocycles. The summed E-state index contributed by atoms with van der Waals surface area (Å²) < 4.78 is 5.94. The Balaban J connectivity index is 1.82. The lowest BCUT2D eigenvalue weighted by atomic mass is 10.2. The van der Waals surface area contributed by atoms with Crippen LogP contribution in [-0.2, 0) is 0 Å². The Morgan fingerprint density at radius 3 is 2.83 bits per heavy atom. The quantitative estimate of drug-likeness (QED) is 0.872. The molecule has 1 aliphatic carbocycles. The molecule has 100 valence electrons. The summed E-state index contributed by atoms with van der Waals surface area (Å²) in [6, 6.07) is 6.47. The fourth-order valence-corrected chi connectivity index (χ4v) is 2.58. The molecule has 0 spiro atoms. The molecule has 1 fully saturated rings. The van der Waals surface area contributed by atoms with E-state index >= 15 is 0 Å². The van der Waals surface area contributed by atoms with Gasteiger partial charge in [-0.15, -0.1) is 0 Å². The zero-order chi connectivity index (χ0) is 13.0. The normalized spacial score (nSPS) is 17.9. The van der Waals surface area contributed by atoms with Crippen molar-refractivity contribution < 1.29 is 4.74 Å². The largest absolute Gasteiger partial charge is 0.489 e. The van der Waals surface area contributed by atoms with Crippen molar-refractivity contribution in [3.8, 4) is 5.75 Å². The van der Waals surface area contributed by atoms with Crippen molar-refractivity contribution in [1.29, 1.82) is 0 Å². The first-order chi connectivity index (χ1) is 8.65. The molecule has 3 heteroatoms. The topological polar surface area (TPSA) is 21.3 Å². The van der Waals surface area contributed by atoms with E-state index in [4.69, 9.17) is 16.3 Å². The molecule has 0 saturated heterocycles. The van der Waals surface area contributed by atoms with Gasteiger partial charge in [-0.25, -0.2) is 0 Å². The fraction of sp³-hybridized carbons (Fsp3) is 0.600. The van der Waals surface area contributed by atoms with Crippen molar-refractivity contribution in [1.82, 2.24) is 5.32 Å². The summed E-state index contributed by atoms with van der Waals surface area (Å²) in [7, 11) is 0. The van der Waals surface area contributed by atoms with Gasteiger partial charge in [0.15, 0.2) is 0 Å². The molecular formula is C15H22ClNO. The molecule has 1 aromatic carbocycles. The Hall–Kier alpha value is -0.730. The first-order valence-electron chi connectivity index (χ1n) is 6.81. The third-order valence-electron chi connectivity index (χ3n) is 3.53. The Bertz CT molecular complexity index is 388. The van der Waals surface area contributed by atoms with Crippen molar-refractivity contribution in [2.45, 2.75) is 51.7 Å². The third-order valence-corrected chi connectivity index (χ3v) is 3.76. The van der Waals surface area contributed by atoms with Gasteiger partial charge in [0.1, 0.15) is 11.9 Å². The van der Waals surface area contributed by atoms with Crippen molar-refractivity contribution in [3.63, 3.8) is 0 Å². The Morgan fingerprint density at radius 1 is 1.39 bits per heavy atom. The van der Waals surface area contributed by atoms with Crippen LogP contribution in [0.4, 0.5) is 0 Å². The summed E-state index contributed by atoms with van der Waals surface area (Å²) in [5.41, 5.74) is 1.13. The Morgan fingerprint density at radius 2 is 2.11 bits per heavy atom. The molecule has 0 bridgehead atoms. The van der Waals surface area contributed by atoms with Crippen LogP contribution in [0, 0.1) is 6.92 Å². The van der Waals surface area contributed by atoms with E-state index in [-0.39, 0.29) is 6.10 Å². The van der Waals surface area contributed by atoms with E-state index in [0.717, 1.165) is 22.9 Å². The predicted molar refractivity (Wildman–Crippen MR) is 76.5 cm³/mol. The summed E-state index contributed by atoms with van der Waals surface area (Å²) in [4.78, 5) is 0. The van der Waals surface area contributed by atoms with Gasteiger partial charge < -0.3 is 10.1 Å². The zero-order valence-corrected chi connectivity index (χ0v) is 12.0. The molecule has 1 atom stereocenters. The Labute approximate surface area is 115 Å². The fourth-order valence-electron chi connectivity index (χ4n) is 2.42. The van der Waals surface area contributed by atoms with Gasteiger partial charge in [0.25, 0.3) is 0 Å². The van der Waals surface area contributed by atoms with Gasteiger partial charge in [0.2, 0.25) is 0 Å². The molecule has 0 radical (unpaired) electrons. The second-order valence-electron chi connectivity index (χ2n) is 5.23. The van der Waals surface area contributed by atoms with E-state index in [2.05, 4.69) is 12.2 Å². The molecule has 1 aromatic rings. The molecule has 1 N–H and O–H groups in total. The van der Waals surface area contributed by atoms with Gasteiger partial charge in [-0.05, 0) is 44.4 Å². The van der Waals surface area contributed by atoms with Crippen LogP contribution in [0.15, 0.2) is 18.2 Å². The molecule has 0 amide bonds. The van der Waals surface area contributed by atoms with E-state index in [1.165, 1.54) is 25.7 Å². The molecule has 0 aromatic heterocycles. The number of rotatable bonds is 5. The number of ether oxygens (including phenoxy) is 1. The van der Waals surface area contributed by atoms with E-state index in [9.17, 15) is 0 Å². The summed E-state index contributed by atoms with van der Waals surface area (Å²) >= 11 is 5.99. The second-order valence-corrected chi connectivity index (χ2v) is 5.66. The van der Waals surface area contributed by atoms with Crippen LogP contribution in [0.3, 0.4) is 0 Å². The number of halogens is 1. The van der Waals surface area contributed by atoms with E-state index in [1.807, 2.05) is 25.1 Å². The van der Waals surface area contributed by atoms with Crippen LogP contribution in [0.2, 0.25) is 5.02 Å². The molecule has 18 heavy (non-hydrogen) atoms.